The second kappa shape index (κ2) is 13.1. The molecule has 0 saturated heterocycles. The van der Waals surface area contributed by atoms with E-state index < -0.39 is 6.61 Å². The Balaban J connectivity index is 0.00000480. The van der Waals surface area contributed by atoms with E-state index in [-0.39, 0.29) is 42.0 Å². The number of nitrogens with zero attached hydrogens (tertiary/aromatic N) is 2. The lowest BCUT2D eigenvalue weighted by molar-refractivity contribution is -0.0520. The summed E-state index contributed by atoms with van der Waals surface area (Å²) in [4.78, 5) is 8.62. The smallest absolute Gasteiger partial charge is 0.387 e. The Hall–Kier alpha value is -2.37. The molecule has 0 unspecified atom stereocenters. The lowest BCUT2D eigenvalue weighted by Gasteiger charge is -2.17. The number of benzene rings is 1. The maximum Gasteiger partial charge on any atom is 0.387 e. The predicted molar refractivity (Wildman–Crippen MR) is 127 cm³/mol. The predicted octanol–water partition coefficient (Wildman–Crippen LogP) is 4.19. The van der Waals surface area contributed by atoms with Crippen molar-refractivity contribution in [1.29, 1.82) is 0 Å². The van der Waals surface area contributed by atoms with Crippen LogP contribution in [0.5, 0.6) is 17.2 Å². The first-order valence-electron chi connectivity index (χ1n) is 9.54. The van der Waals surface area contributed by atoms with Gasteiger partial charge in [-0.25, -0.2) is 0 Å². The Bertz CT molecular complexity index is 882. The summed E-state index contributed by atoms with van der Waals surface area (Å²) < 4.78 is 41.3. The van der Waals surface area contributed by atoms with Crippen LogP contribution in [0.1, 0.15) is 29.3 Å². The van der Waals surface area contributed by atoms with Gasteiger partial charge in [0.15, 0.2) is 17.5 Å². The van der Waals surface area contributed by atoms with E-state index in [9.17, 15) is 8.78 Å². The third-order valence-corrected chi connectivity index (χ3v) is 4.41. The summed E-state index contributed by atoms with van der Waals surface area (Å²) in [5.74, 6) is 1.57. The van der Waals surface area contributed by atoms with Gasteiger partial charge in [-0.1, -0.05) is 12.1 Å². The van der Waals surface area contributed by atoms with E-state index >= 15 is 0 Å². The number of hydrogen-bond donors (Lipinski definition) is 2. The molecule has 0 radical (unpaired) electrons. The molecule has 0 saturated carbocycles. The van der Waals surface area contributed by atoms with Gasteiger partial charge in [-0.2, -0.15) is 8.78 Å². The SMILES string of the molecule is CCOc1cccc(CNC(=NC)NCc2ncc(C)c(OC)c2C)c1OC(F)F.I. The van der Waals surface area contributed by atoms with Crippen LogP contribution in [0.2, 0.25) is 0 Å². The van der Waals surface area contributed by atoms with Crippen molar-refractivity contribution in [3.63, 3.8) is 0 Å². The first-order chi connectivity index (χ1) is 14.4. The first-order valence-corrected chi connectivity index (χ1v) is 9.54. The summed E-state index contributed by atoms with van der Waals surface area (Å²) in [5.41, 5.74) is 3.25. The largest absolute Gasteiger partial charge is 0.496 e. The molecule has 2 rings (SSSR count). The topological polar surface area (TPSA) is 77.0 Å². The third-order valence-electron chi connectivity index (χ3n) is 4.41. The number of rotatable bonds is 9. The minimum Gasteiger partial charge on any atom is -0.496 e. The van der Waals surface area contributed by atoms with Crippen molar-refractivity contribution in [1.82, 2.24) is 15.6 Å². The van der Waals surface area contributed by atoms with Gasteiger partial charge < -0.3 is 24.8 Å². The summed E-state index contributed by atoms with van der Waals surface area (Å²) in [6.45, 7) is 3.68. The molecule has 0 bridgehead atoms. The standard InChI is InChI=1S/C21H28F2N4O3.HI/c1-6-29-17-9-7-8-15(19(17)30-20(22)23)11-26-21(24-4)27-12-16-14(3)18(28-5)13(2)10-25-16;/h7-10,20H,6,11-12H2,1-5H3,(H2,24,26,27);1H. The number of alkyl halides is 2. The highest BCUT2D eigenvalue weighted by Crippen LogP contribution is 2.32. The molecule has 0 atom stereocenters. The molecule has 0 aliphatic rings. The van der Waals surface area contributed by atoms with E-state index in [0.717, 1.165) is 22.6 Å². The molecule has 2 aromatic rings. The molecule has 10 heteroatoms. The van der Waals surface area contributed by atoms with Gasteiger partial charge in [-0.3, -0.25) is 9.98 Å². The van der Waals surface area contributed by atoms with Crippen molar-refractivity contribution in [2.45, 2.75) is 40.5 Å². The number of guanidine groups is 1. The van der Waals surface area contributed by atoms with Crippen LogP contribution >= 0.6 is 24.0 Å². The number of aromatic nitrogens is 1. The van der Waals surface area contributed by atoms with E-state index in [1.807, 2.05) is 13.8 Å². The molecule has 2 N–H and O–H groups in total. The van der Waals surface area contributed by atoms with Gasteiger partial charge in [0.25, 0.3) is 0 Å². The molecular formula is C21H29F2IN4O3. The maximum atomic E-state index is 12.9. The number of halogens is 3. The van der Waals surface area contributed by atoms with Gasteiger partial charge in [0, 0.05) is 36.5 Å². The van der Waals surface area contributed by atoms with Crippen LogP contribution in [-0.4, -0.2) is 38.3 Å². The summed E-state index contributed by atoms with van der Waals surface area (Å²) in [5, 5.41) is 6.27. The lowest BCUT2D eigenvalue weighted by Crippen LogP contribution is -2.36. The molecule has 172 valence electrons. The van der Waals surface area contributed by atoms with Crippen LogP contribution in [0.25, 0.3) is 0 Å². The van der Waals surface area contributed by atoms with Crippen molar-refractivity contribution < 1.29 is 23.0 Å². The number of nitrogens with one attached hydrogen (secondary N) is 2. The highest BCUT2D eigenvalue weighted by molar-refractivity contribution is 14.0. The Morgan fingerprint density at radius 1 is 1.16 bits per heavy atom. The molecule has 0 aliphatic carbocycles. The number of para-hydroxylation sites is 1. The number of pyridine rings is 1. The third kappa shape index (κ3) is 7.37. The van der Waals surface area contributed by atoms with E-state index in [2.05, 4.69) is 20.6 Å². The Labute approximate surface area is 198 Å². The summed E-state index contributed by atoms with van der Waals surface area (Å²) >= 11 is 0. The molecule has 0 amide bonds. The first kappa shape index (κ1) is 26.7. The average molecular weight is 550 g/mol. The molecule has 1 heterocycles. The van der Waals surface area contributed by atoms with Gasteiger partial charge in [-0.05, 0) is 26.8 Å². The van der Waals surface area contributed by atoms with Crippen molar-refractivity contribution in [3.8, 4) is 17.2 Å². The number of aliphatic imine (C=N–C) groups is 1. The fourth-order valence-electron chi connectivity index (χ4n) is 3.01. The monoisotopic (exact) mass is 550 g/mol. The zero-order valence-corrected chi connectivity index (χ0v) is 20.6. The van der Waals surface area contributed by atoms with Crippen LogP contribution in [0, 0.1) is 13.8 Å². The minimum atomic E-state index is -2.95. The van der Waals surface area contributed by atoms with E-state index in [0.29, 0.717) is 24.7 Å². The van der Waals surface area contributed by atoms with Gasteiger partial charge in [0.1, 0.15) is 5.75 Å². The fourth-order valence-corrected chi connectivity index (χ4v) is 3.01. The van der Waals surface area contributed by atoms with Crippen LogP contribution < -0.4 is 24.8 Å². The lowest BCUT2D eigenvalue weighted by atomic mass is 10.1. The highest BCUT2D eigenvalue weighted by atomic mass is 127. The average Bonchev–Trinajstić information content (AvgIpc) is 2.71. The van der Waals surface area contributed by atoms with Crippen molar-refractivity contribution in [3.05, 3.63) is 46.8 Å². The zero-order chi connectivity index (χ0) is 22.1. The minimum absolute atomic E-state index is 0. The number of ether oxygens (including phenoxy) is 3. The van der Waals surface area contributed by atoms with Crippen LogP contribution in [0.15, 0.2) is 29.4 Å². The van der Waals surface area contributed by atoms with Gasteiger partial charge in [0.05, 0.1) is 26.0 Å². The highest BCUT2D eigenvalue weighted by Gasteiger charge is 2.16. The normalized spacial score (nSPS) is 11.0. The quantitative estimate of drug-likeness (QED) is 0.277. The fraction of sp³-hybridized carbons (Fsp3) is 0.429. The summed E-state index contributed by atoms with van der Waals surface area (Å²) in [6.07, 6.45) is 1.76. The number of methoxy groups -OCH3 is 1. The van der Waals surface area contributed by atoms with E-state index in [1.165, 1.54) is 0 Å². The van der Waals surface area contributed by atoms with Gasteiger partial charge in [-0.15, -0.1) is 24.0 Å². The van der Waals surface area contributed by atoms with Gasteiger partial charge >= 0.3 is 6.61 Å². The molecule has 0 spiro atoms. The zero-order valence-electron chi connectivity index (χ0n) is 18.3. The van der Waals surface area contributed by atoms with Crippen LogP contribution in [0.4, 0.5) is 8.78 Å². The summed E-state index contributed by atoms with van der Waals surface area (Å²) in [6, 6.07) is 5.01. The number of hydrogen-bond acceptors (Lipinski definition) is 5. The Morgan fingerprint density at radius 2 is 1.87 bits per heavy atom. The second-order valence-corrected chi connectivity index (χ2v) is 6.38. The second-order valence-electron chi connectivity index (χ2n) is 6.38. The summed E-state index contributed by atoms with van der Waals surface area (Å²) in [7, 11) is 3.25. The van der Waals surface area contributed by atoms with E-state index in [4.69, 9.17) is 14.2 Å². The Morgan fingerprint density at radius 3 is 2.48 bits per heavy atom. The van der Waals surface area contributed by atoms with Crippen molar-refractivity contribution in [2.24, 2.45) is 4.99 Å². The van der Waals surface area contributed by atoms with Crippen LogP contribution in [0.3, 0.4) is 0 Å². The molecule has 1 aromatic carbocycles. The van der Waals surface area contributed by atoms with E-state index in [1.54, 1.807) is 45.5 Å². The van der Waals surface area contributed by atoms with Gasteiger partial charge in [0.2, 0.25) is 0 Å². The molecule has 0 fully saturated rings. The van der Waals surface area contributed by atoms with Crippen molar-refractivity contribution >= 4 is 29.9 Å². The van der Waals surface area contributed by atoms with Crippen LogP contribution in [-0.2, 0) is 13.1 Å². The number of aryl methyl sites for hydroxylation is 1. The Kier molecular flexibility index (Phi) is 11.3. The molecule has 0 aliphatic heterocycles. The maximum absolute atomic E-state index is 12.9. The molecule has 31 heavy (non-hydrogen) atoms. The molecular weight excluding hydrogens is 521 g/mol. The molecule has 1 aromatic heterocycles. The molecule has 7 nitrogen and oxygen atoms in total. The van der Waals surface area contributed by atoms with Crippen molar-refractivity contribution in [2.75, 3.05) is 20.8 Å².